The molecule has 0 radical (unpaired) electrons. The second kappa shape index (κ2) is 6.50. The molecule has 4 nitrogen and oxygen atoms in total. The summed E-state index contributed by atoms with van der Waals surface area (Å²) in [4.78, 5) is 11.6. The zero-order valence-corrected chi connectivity index (χ0v) is 10.0. The highest BCUT2D eigenvalue weighted by Gasteiger charge is 2.16. The number of nitrogens with zero attached hydrogens (tertiary/aromatic N) is 1. The Morgan fingerprint density at radius 3 is 2.94 bits per heavy atom. The lowest BCUT2D eigenvalue weighted by atomic mass is 10.2. The Balaban J connectivity index is 2.79. The number of carbonyl (C=O) groups is 1. The highest BCUT2D eigenvalue weighted by atomic mass is 19.1. The molecule has 0 aliphatic heterocycles. The largest absolute Gasteiger partial charge is 0.490 e. The third-order valence-corrected chi connectivity index (χ3v) is 2.31. The molecule has 0 fully saturated rings. The summed E-state index contributed by atoms with van der Waals surface area (Å²) in [6.07, 6.45) is 5.02. The fourth-order valence-electron chi connectivity index (χ4n) is 1.33. The summed E-state index contributed by atoms with van der Waals surface area (Å²) in [6, 6.07) is 4.36. The monoisotopic (exact) mass is 251 g/mol. The van der Waals surface area contributed by atoms with Gasteiger partial charge in [0.25, 0.3) is 0 Å². The quantitative estimate of drug-likeness (QED) is 0.646. The zero-order chi connectivity index (χ0) is 13.5. The van der Waals surface area contributed by atoms with Gasteiger partial charge < -0.3 is 9.84 Å². The van der Waals surface area contributed by atoms with E-state index in [1.807, 2.05) is 0 Å². The van der Waals surface area contributed by atoms with Crippen molar-refractivity contribution in [3.8, 4) is 18.1 Å². The van der Waals surface area contributed by atoms with E-state index in [1.165, 1.54) is 25.2 Å². The average Bonchev–Trinajstić information content (AvgIpc) is 2.35. The van der Waals surface area contributed by atoms with Gasteiger partial charge in [-0.25, -0.2) is 9.18 Å². The zero-order valence-electron chi connectivity index (χ0n) is 10.0. The first-order chi connectivity index (χ1) is 8.57. The molecule has 0 aliphatic carbocycles. The highest BCUT2D eigenvalue weighted by molar-refractivity contribution is 5.85. The van der Waals surface area contributed by atoms with E-state index in [-0.39, 0.29) is 11.4 Å². The van der Waals surface area contributed by atoms with Gasteiger partial charge in [-0.05, 0) is 18.6 Å². The first-order valence-electron chi connectivity index (χ1n) is 5.39. The van der Waals surface area contributed by atoms with Crippen LogP contribution in [0.3, 0.4) is 0 Å². The molecule has 1 aromatic rings. The van der Waals surface area contributed by atoms with Crippen LogP contribution in [0.4, 0.5) is 14.9 Å². The SMILES string of the molecule is C#CCCCOc1cccc(N(C)C(=O)O)c1F. The van der Waals surface area contributed by atoms with Crippen molar-refractivity contribution in [3.63, 3.8) is 0 Å². The lowest BCUT2D eigenvalue weighted by Gasteiger charge is -2.16. The molecular weight excluding hydrogens is 237 g/mol. The van der Waals surface area contributed by atoms with Crippen molar-refractivity contribution < 1.29 is 19.0 Å². The molecule has 0 aliphatic rings. The van der Waals surface area contributed by atoms with Crippen LogP contribution in [-0.4, -0.2) is 24.9 Å². The maximum Gasteiger partial charge on any atom is 0.411 e. The highest BCUT2D eigenvalue weighted by Crippen LogP contribution is 2.27. The number of unbranched alkanes of at least 4 members (excludes halogenated alkanes) is 1. The van der Waals surface area contributed by atoms with Gasteiger partial charge in [-0.1, -0.05) is 6.07 Å². The summed E-state index contributed by atoms with van der Waals surface area (Å²) in [5.41, 5.74) is -0.0445. The molecule has 5 heteroatoms. The molecule has 0 atom stereocenters. The topological polar surface area (TPSA) is 49.8 Å². The van der Waals surface area contributed by atoms with E-state index < -0.39 is 11.9 Å². The van der Waals surface area contributed by atoms with E-state index in [0.29, 0.717) is 19.4 Å². The van der Waals surface area contributed by atoms with E-state index in [1.54, 1.807) is 0 Å². The molecule has 0 saturated carbocycles. The van der Waals surface area contributed by atoms with Crippen LogP contribution in [0.2, 0.25) is 0 Å². The molecule has 1 amide bonds. The summed E-state index contributed by atoms with van der Waals surface area (Å²) in [5.74, 6) is 1.79. The van der Waals surface area contributed by atoms with Crippen molar-refractivity contribution in [2.45, 2.75) is 12.8 Å². The fourth-order valence-corrected chi connectivity index (χ4v) is 1.33. The van der Waals surface area contributed by atoms with Crippen molar-refractivity contribution in [1.29, 1.82) is 0 Å². The molecule has 18 heavy (non-hydrogen) atoms. The van der Waals surface area contributed by atoms with E-state index >= 15 is 0 Å². The minimum absolute atomic E-state index is 0.0256. The van der Waals surface area contributed by atoms with Gasteiger partial charge in [-0.15, -0.1) is 12.3 Å². The maximum atomic E-state index is 13.9. The Morgan fingerprint density at radius 2 is 2.33 bits per heavy atom. The van der Waals surface area contributed by atoms with Crippen LogP contribution in [0.1, 0.15) is 12.8 Å². The lowest BCUT2D eigenvalue weighted by molar-refractivity contribution is 0.203. The molecule has 1 N–H and O–H groups in total. The first kappa shape index (κ1) is 13.8. The Bertz CT molecular complexity index is 468. The van der Waals surface area contributed by atoms with Gasteiger partial charge >= 0.3 is 6.09 Å². The van der Waals surface area contributed by atoms with E-state index in [9.17, 15) is 9.18 Å². The molecule has 96 valence electrons. The second-order valence-corrected chi connectivity index (χ2v) is 3.59. The fraction of sp³-hybridized carbons (Fsp3) is 0.308. The van der Waals surface area contributed by atoms with Gasteiger partial charge in [-0.3, -0.25) is 4.90 Å². The molecular formula is C13H14FNO3. The maximum absolute atomic E-state index is 13.9. The third kappa shape index (κ3) is 3.39. The van der Waals surface area contributed by atoms with Crippen molar-refractivity contribution in [3.05, 3.63) is 24.0 Å². The normalized spacial score (nSPS) is 9.61. The predicted molar refractivity (Wildman–Crippen MR) is 66.4 cm³/mol. The van der Waals surface area contributed by atoms with Gasteiger partial charge in [-0.2, -0.15) is 0 Å². The van der Waals surface area contributed by atoms with Gasteiger partial charge in [0.1, 0.15) is 0 Å². The van der Waals surface area contributed by atoms with Crippen molar-refractivity contribution in [2.75, 3.05) is 18.6 Å². The number of rotatable bonds is 5. The van der Waals surface area contributed by atoms with E-state index in [2.05, 4.69) is 5.92 Å². The van der Waals surface area contributed by atoms with Crippen LogP contribution >= 0.6 is 0 Å². The van der Waals surface area contributed by atoms with Crippen LogP contribution < -0.4 is 9.64 Å². The average molecular weight is 251 g/mol. The van der Waals surface area contributed by atoms with Crippen LogP contribution in [0.5, 0.6) is 5.75 Å². The Morgan fingerprint density at radius 1 is 1.61 bits per heavy atom. The number of anilines is 1. The summed E-state index contributed by atoms with van der Waals surface area (Å²) < 4.78 is 19.1. The summed E-state index contributed by atoms with van der Waals surface area (Å²) in [5, 5.41) is 8.79. The smallest absolute Gasteiger partial charge is 0.411 e. The summed E-state index contributed by atoms with van der Waals surface area (Å²) in [6.45, 7) is 0.293. The third-order valence-electron chi connectivity index (χ3n) is 2.31. The number of hydrogen-bond donors (Lipinski definition) is 1. The van der Waals surface area contributed by atoms with Gasteiger partial charge in [0.2, 0.25) is 0 Å². The predicted octanol–water partition coefficient (Wildman–Crippen LogP) is 2.73. The molecule has 0 unspecified atom stereocenters. The van der Waals surface area contributed by atoms with Gasteiger partial charge in [0, 0.05) is 13.5 Å². The summed E-state index contributed by atoms with van der Waals surface area (Å²) >= 11 is 0. The molecule has 0 heterocycles. The number of ether oxygens (including phenoxy) is 1. The second-order valence-electron chi connectivity index (χ2n) is 3.59. The van der Waals surface area contributed by atoms with Gasteiger partial charge in [0.05, 0.1) is 12.3 Å². The number of halogens is 1. The van der Waals surface area contributed by atoms with Crippen molar-refractivity contribution in [1.82, 2.24) is 0 Å². The molecule has 0 saturated heterocycles. The Labute approximate surface area is 105 Å². The van der Waals surface area contributed by atoms with E-state index in [0.717, 1.165) is 4.90 Å². The first-order valence-corrected chi connectivity index (χ1v) is 5.39. The van der Waals surface area contributed by atoms with Crippen LogP contribution in [0.25, 0.3) is 0 Å². The summed E-state index contributed by atoms with van der Waals surface area (Å²) in [7, 11) is 1.27. The number of carboxylic acid groups (broad SMARTS) is 1. The minimum atomic E-state index is -1.24. The number of terminal acetylenes is 1. The van der Waals surface area contributed by atoms with Crippen LogP contribution in [0, 0.1) is 18.2 Å². The van der Waals surface area contributed by atoms with Crippen LogP contribution in [0.15, 0.2) is 18.2 Å². The van der Waals surface area contributed by atoms with Crippen LogP contribution in [-0.2, 0) is 0 Å². The molecule has 1 aromatic carbocycles. The molecule has 0 bridgehead atoms. The number of hydrogen-bond acceptors (Lipinski definition) is 2. The lowest BCUT2D eigenvalue weighted by Crippen LogP contribution is -2.24. The number of benzene rings is 1. The minimum Gasteiger partial charge on any atom is -0.490 e. The van der Waals surface area contributed by atoms with Crippen molar-refractivity contribution >= 4 is 11.8 Å². The Kier molecular flexibility index (Phi) is 5.00. The molecule has 1 rings (SSSR count). The number of amides is 1. The van der Waals surface area contributed by atoms with E-state index in [4.69, 9.17) is 16.3 Å². The van der Waals surface area contributed by atoms with Gasteiger partial charge in [0.15, 0.2) is 11.6 Å². The molecule has 0 spiro atoms. The van der Waals surface area contributed by atoms with Crippen molar-refractivity contribution in [2.24, 2.45) is 0 Å². The molecule has 0 aromatic heterocycles. The standard InChI is InChI=1S/C13H14FNO3/c1-3-4-5-9-18-11-8-6-7-10(12(11)14)15(2)13(16)17/h1,6-8H,4-5,9H2,2H3,(H,16,17). The Hall–Kier alpha value is -2.22.